The summed E-state index contributed by atoms with van der Waals surface area (Å²) in [6.45, 7) is 10.5. The number of likely N-dealkylation sites (tertiary alicyclic amines) is 1. The van der Waals surface area contributed by atoms with Crippen LogP contribution in [0.4, 0.5) is 0 Å². The van der Waals surface area contributed by atoms with E-state index in [1.54, 1.807) is 11.3 Å². The number of aromatic nitrogens is 1. The number of thiazole rings is 1. The molecule has 2 rings (SSSR count). The Morgan fingerprint density at radius 2 is 2.40 bits per heavy atom. The second kappa shape index (κ2) is 7.62. The Balaban J connectivity index is 2.01. The molecule has 1 aliphatic rings. The second-order valence-electron chi connectivity index (χ2n) is 5.44. The Morgan fingerprint density at radius 3 is 3.05 bits per heavy atom. The van der Waals surface area contributed by atoms with Gasteiger partial charge in [-0.15, -0.1) is 11.3 Å². The number of piperidine rings is 1. The van der Waals surface area contributed by atoms with E-state index >= 15 is 0 Å². The minimum atomic E-state index is 0.692. The largest absolute Gasteiger partial charge is 0.357 e. The van der Waals surface area contributed by atoms with Crippen LogP contribution >= 0.6 is 11.3 Å². The first kappa shape index (κ1) is 15.3. The van der Waals surface area contributed by atoms with E-state index in [0.717, 1.165) is 42.9 Å². The standard InChI is InChI=1S/C15H26N4S/c1-4-13-9-17-14(20-13)10-18-15(16-5-2)19-8-6-7-12(3)11-19/h9,12H,4-8,10-11H2,1-3H3,(H,16,18). The fraction of sp³-hybridized carbons (Fsp3) is 0.733. The fourth-order valence-corrected chi connectivity index (χ4v) is 3.32. The molecule has 5 heteroatoms. The van der Waals surface area contributed by atoms with Gasteiger partial charge >= 0.3 is 0 Å². The van der Waals surface area contributed by atoms with Gasteiger partial charge < -0.3 is 10.2 Å². The zero-order valence-electron chi connectivity index (χ0n) is 12.9. The molecule has 1 N–H and O–H groups in total. The Hall–Kier alpha value is -1.10. The van der Waals surface area contributed by atoms with Crippen LogP contribution in [0.25, 0.3) is 0 Å². The molecule has 1 fully saturated rings. The van der Waals surface area contributed by atoms with Crippen LogP contribution in [0, 0.1) is 5.92 Å². The molecule has 0 radical (unpaired) electrons. The molecule has 0 spiro atoms. The molecule has 0 aromatic carbocycles. The SMILES string of the molecule is CCNC(=NCc1ncc(CC)s1)N1CCCC(C)C1. The lowest BCUT2D eigenvalue weighted by Crippen LogP contribution is -2.46. The van der Waals surface area contributed by atoms with Gasteiger partial charge in [-0.3, -0.25) is 0 Å². The molecule has 20 heavy (non-hydrogen) atoms. The fourth-order valence-electron chi connectivity index (χ4n) is 2.53. The van der Waals surface area contributed by atoms with Crippen LogP contribution in [0.2, 0.25) is 0 Å². The first-order valence-electron chi connectivity index (χ1n) is 7.69. The van der Waals surface area contributed by atoms with Crippen LogP contribution in [0.5, 0.6) is 0 Å². The summed E-state index contributed by atoms with van der Waals surface area (Å²) in [6.07, 6.45) is 5.64. The number of hydrogen-bond donors (Lipinski definition) is 1. The lowest BCUT2D eigenvalue weighted by atomic mass is 10.0. The minimum Gasteiger partial charge on any atom is -0.357 e. The number of guanidine groups is 1. The molecule has 0 amide bonds. The summed E-state index contributed by atoms with van der Waals surface area (Å²) in [7, 11) is 0. The smallest absolute Gasteiger partial charge is 0.194 e. The van der Waals surface area contributed by atoms with Crippen molar-refractivity contribution in [1.29, 1.82) is 0 Å². The van der Waals surface area contributed by atoms with Crippen molar-refractivity contribution >= 4 is 17.3 Å². The van der Waals surface area contributed by atoms with E-state index in [9.17, 15) is 0 Å². The van der Waals surface area contributed by atoms with Crippen LogP contribution < -0.4 is 5.32 Å². The van der Waals surface area contributed by atoms with E-state index in [1.807, 2.05) is 6.20 Å². The number of rotatable bonds is 4. The van der Waals surface area contributed by atoms with Gasteiger partial charge in [0.05, 0.1) is 6.54 Å². The van der Waals surface area contributed by atoms with Crippen molar-refractivity contribution in [3.05, 3.63) is 16.1 Å². The van der Waals surface area contributed by atoms with Gasteiger partial charge in [-0.05, 0) is 32.1 Å². The highest BCUT2D eigenvalue weighted by molar-refractivity contribution is 7.11. The van der Waals surface area contributed by atoms with Gasteiger partial charge in [0, 0.05) is 30.7 Å². The Morgan fingerprint density at radius 1 is 1.55 bits per heavy atom. The Bertz CT molecular complexity index is 441. The van der Waals surface area contributed by atoms with Crippen molar-refractivity contribution in [2.75, 3.05) is 19.6 Å². The average molecular weight is 294 g/mol. The van der Waals surface area contributed by atoms with Crippen LogP contribution in [-0.4, -0.2) is 35.5 Å². The monoisotopic (exact) mass is 294 g/mol. The first-order valence-corrected chi connectivity index (χ1v) is 8.51. The van der Waals surface area contributed by atoms with Crippen molar-refractivity contribution in [3.63, 3.8) is 0 Å². The topological polar surface area (TPSA) is 40.5 Å². The van der Waals surface area contributed by atoms with Crippen LogP contribution in [0.1, 0.15) is 43.5 Å². The van der Waals surface area contributed by atoms with E-state index in [2.05, 4.69) is 36.0 Å². The Kier molecular flexibility index (Phi) is 5.83. The number of aliphatic imine (C=N–C) groups is 1. The third kappa shape index (κ3) is 4.20. The predicted octanol–water partition coefficient (Wildman–Crippen LogP) is 2.90. The van der Waals surface area contributed by atoms with Gasteiger partial charge in [0.15, 0.2) is 5.96 Å². The lowest BCUT2D eigenvalue weighted by molar-refractivity contribution is 0.266. The molecule has 1 saturated heterocycles. The van der Waals surface area contributed by atoms with Crippen molar-refractivity contribution in [1.82, 2.24) is 15.2 Å². The molecule has 0 aliphatic carbocycles. The molecule has 2 heterocycles. The second-order valence-corrected chi connectivity index (χ2v) is 6.64. The Labute approximate surface area is 126 Å². The number of nitrogens with one attached hydrogen (secondary N) is 1. The van der Waals surface area contributed by atoms with Crippen LogP contribution in [0.3, 0.4) is 0 Å². The summed E-state index contributed by atoms with van der Waals surface area (Å²) in [5, 5.41) is 4.53. The maximum atomic E-state index is 4.77. The van der Waals surface area contributed by atoms with Gasteiger partial charge in [-0.25, -0.2) is 9.98 Å². The summed E-state index contributed by atoms with van der Waals surface area (Å²) in [6, 6.07) is 0. The lowest BCUT2D eigenvalue weighted by Gasteiger charge is -2.33. The predicted molar refractivity (Wildman–Crippen MR) is 86.3 cm³/mol. The molecule has 1 aromatic rings. The zero-order chi connectivity index (χ0) is 14.4. The van der Waals surface area contributed by atoms with Gasteiger partial charge in [0.1, 0.15) is 5.01 Å². The number of aryl methyl sites for hydroxylation is 1. The van der Waals surface area contributed by atoms with E-state index in [1.165, 1.54) is 17.7 Å². The first-order chi connectivity index (χ1) is 9.72. The maximum absolute atomic E-state index is 4.77. The summed E-state index contributed by atoms with van der Waals surface area (Å²) in [5.74, 6) is 1.81. The molecule has 1 aromatic heterocycles. The summed E-state index contributed by atoms with van der Waals surface area (Å²) in [4.78, 5) is 12.9. The molecule has 0 saturated carbocycles. The highest BCUT2D eigenvalue weighted by Crippen LogP contribution is 2.17. The van der Waals surface area contributed by atoms with E-state index < -0.39 is 0 Å². The summed E-state index contributed by atoms with van der Waals surface area (Å²) in [5.41, 5.74) is 0. The van der Waals surface area contributed by atoms with Gasteiger partial charge in [0.25, 0.3) is 0 Å². The van der Waals surface area contributed by atoms with Gasteiger partial charge in [0.2, 0.25) is 0 Å². The highest BCUT2D eigenvalue weighted by Gasteiger charge is 2.19. The third-order valence-corrected chi connectivity index (χ3v) is 4.73. The quantitative estimate of drug-likeness (QED) is 0.685. The van der Waals surface area contributed by atoms with Crippen molar-refractivity contribution < 1.29 is 0 Å². The van der Waals surface area contributed by atoms with Crippen LogP contribution in [0.15, 0.2) is 11.2 Å². The molecule has 1 aliphatic heterocycles. The normalized spacial score (nSPS) is 20.2. The summed E-state index contributed by atoms with van der Waals surface area (Å²) < 4.78 is 0. The van der Waals surface area contributed by atoms with E-state index in [4.69, 9.17) is 4.99 Å². The van der Waals surface area contributed by atoms with Gasteiger partial charge in [-0.2, -0.15) is 0 Å². The van der Waals surface area contributed by atoms with Crippen molar-refractivity contribution in [2.45, 2.75) is 46.6 Å². The molecule has 1 atom stereocenters. The van der Waals surface area contributed by atoms with Gasteiger partial charge in [-0.1, -0.05) is 13.8 Å². The average Bonchev–Trinajstić information content (AvgIpc) is 2.91. The maximum Gasteiger partial charge on any atom is 0.194 e. The zero-order valence-corrected chi connectivity index (χ0v) is 13.7. The summed E-state index contributed by atoms with van der Waals surface area (Å²) >= 11 is 1.78. The molecule has 4 nitrogen and oxygen atoms in total. The van der Waals surface area contributed by atoms with Crippen LogP contribution in [-0.2, 0) is 13.0 Å². The highest BCUT2D eigenvalue weighted by atomic mass is 32.1. The number of nitrogens with zero attached hydrogens (tertiary/aromatic N) is 3. The van der Waals surface area contributed by atoms with Crippen molar-refractivity contribution in [3.8, 4) is 0 Å². The van der Waals surface area contributed by atoms with E-state index in [-0.39, 0.29) is 0 Å². The number of hydrogen-bond acceptors (Lipinski definition) is 3. The molecule has 112 valence electrons. The van der Waals surface area contributed by atoms with E-state index in [0.29, 0.717) is 6.54 Å². The minimum absolute atomic E-state index is 0.692. The van der Waals surface area contributed by atoms with Crippen molar-refractivity contribution in [2.24, 2.45) is 10.9 Å². The molecular weight excluding hydrogens is 268 g/mol. The molecule has 1 unspecified atom stereocenters. The molecule has 0 bridgehead atoms. The molecular formula is C15H26N4S. The third-order valence-electron chi connectivity index (χ3n) is 3.61.